The van der Waals surface area contributed by atoms with Gasteiger partial charge in [-0.3, -0.25) is 9.89 Å². The number of carbonyl (C=O) groups excluding carboxylic acids is 1. The summed E-state index contributed by atoms with van der Waals surface area (Å²) in [7, 11) is 0. The molecule has 3 aromatic rings. The Labute approximate surface area is 152 Å². The first-order valence-corrected chi connectivity index (χ1v) is 8.71. The van der Waals surface area contributed by atoms with E-state index in [2.05, 4.69) is 42.2 Å². The molecule has 4 rings (SSSR count). The monoisotopic (exact) mass is 344 g/mol. The maximum absolute atomic E-state index is 12.4. The Morgan fingerprint density at radius 3 is 2.85 bits per heavy atom. The van der Waals surface area contributed by atoms with E-state index < -0.39 is 0 Å². The predicted molar refractivity (Wildman–Crippen MR) is 103 cm³/mol. The summed E-state index contributed by atoms with van der Waals surface area (Å²) in [5.74, 6) is 0.860. The topological polar surface area (TPSA) is 55.0 Å². The molecule has 1 aromatic heterocycles. The SMILES string of the molecule is Cc1ccc(-c2cc(/C=C/C(=O)c3ccc4c(c3)CCO4)[nH]n2)cc1C. The van der Waals surface area contributed by atoms with Crippen molar-refractivity contribution in [2.24, 2.45) is 0 Å². The van der Waals surface area contributed by atoms with Gasteiger partial charge in [0.25, 0.3) is 0 Å². The van der Waals surface area contributed by atoms with Gasteiger partial charge in [0, 0.05) is 17.5 Å². The average Bonchev–Trinajstić information content (AvgIpc) is 3.30. The van der Waals surface area contributed by atoms with Crippen LogP contribution in [0.1, 0.15) is 32.7 Å². The highest BCUT2D eigenvalue weighted by atomic mass is 16.5. The number of hydrogen-bond donors (Lipinski definition) is 1. The molecule has 1 N–H and O–H groups in total. The first-order valence-electron chi connectivity index (χ1n) is 8.71. The zero-order valence-electron chi connectivity index (χ0n) is 14.9. The van der Waals surface area contributed by atoms with E-state index in [1.807, 2.05) is 24.3 Å². The molecule has 0 unspecified atom stereocenters. The number of benzene rings is 2. The Bertz CT molecular complexity index is 1010. The molecular formula is C22H20N2O2. The van der Waals surface area contributed by atoms with Crippen molar-refractivity contribution in [3.8, 4) is 17.0 Å². The number of ketones is 1. The molecule has 0 radical (unpaired) electrons. The Balaban J connectivity index is 1.51. The highest BCUT2D eigenvalue weighted by Crippen LogP contribution is 2.26. The van der Waals surface area contributed by atoms with Gasteiger partial charge in [0.05, 0.1) is 18.0 Å². The molecule has 26 heavy (non-hydrogen) atoms. The summed E-state index contributed by atoms with van der Waals surface area (Å²) in [6.45, 7) is 4.87. The number of hydrogen-bond acceptors (Lipinski definition) is 3. The van der Waals surface area contributed by atoms with Crippen molar-refractivity contribution in [1.82, 2.24) is 10.2 Å². The second kappa shape index (κ2) is 6.64. The number of allylic oxidation sites excluding steroid dienone is 1. The fourth-order valence-corrected chi connectivity index (χ4v) is 3.07. The number of aromatic amines is 1. The average molecular weight is 344 g/mol. The molecule has 130 valence electrons. The summed E-state index contributed by atoms with van der Waals surface area (Å²) in [6, 6.07) is 13.8. The van der Waals surface area contributed by atoms with Crippen LogP contribution in [0.25, 0.3) is 17.3 Å². The van der Waals surface area contributed by atoms with Gasteiger partial charge in [-0.1, -0.05) is 12.1 Å². The highest BCUT2D eigenvalue weighted by Gasteiger charge is 2.14. The second-order valence-corrected chi connectivity index (χ2v) is 6.63. The molecule has 4 nitrogen and oxygen atoms in total. The maximum atomic E-state index is 12.4. The second-order valence-electron chi connectivity index (χ2n) is 6.63. The molecular weight excluding hydrogens is 324 g/mol. The molecule has 2 heterocycles. The number of nitrogens with one attached hydrogen (secondary N) is 1. The van der Waals surface area contributed by atoms with Gasteiger partial charge in [-0.2, -0.15) is 5.10 Å². The fraction of sp³-hybridized carbons (Fsp3) is 0.182. The van der Waals surface area contributed by atoms with Crippen LogP contribution >= 0.6 is 0 Å². The summed E-state index contributed by atoms with van der Waals surface area (Å²) in [4.78, 5) is 12.4. The quantitative estimate of drug-likeness (QED) is 0.559. The largest absolute Gasteiger partial charge is 0.493 e. The Morgan fingerprint density at radius 2 is 2.00 bits per heavy atom. The van der Waals surface area contributed by atoms with Crippen LogP contribution in [0, 0.1) is 13.8 Å². The van der Waals surface area contributed by atoms with Crippen LogP contribution in [0.15, 0.2) is 48.5 Å². The van der Waals surface area contributed by atoms with E-state index in [4.69, 9.17) is 4.74 Å². The van der Waals surface area contributed by atoms with Gasteiger partial charge in [-0.15, -0.1) is 0 Å². The fourth-order valence-electron chi connectivity index (χ4n) is 3.07. The summed E-state index contributed by atoms with van der Waals surface area (Å²) >= 11 is 0. The minimum Gasteiger partial charge on any atom is -0.493 e. The summed E-state index contributed by atoms with van der Waals surface area (Å²) < 4.78 is 5.48. The molecule has 0 saturated heterocycles. The number of ether oxygens (including phenoxy) is 1. The van der Waals surface area contributed by atoms with Crippen molar-refractivity contribution in [3.05, 3.63) is 76.5 Å². The van der Waals surface area contributed by atoms with Gasteiger partial charge < -0.3 is 4.74 Å². The van der Waals surface area contributed by atoms with Gasteiger partial charge in [-0.05, 0) is 73.0 Å². The Kier molecular flexibility index (Phi) is 4.17. The molecule has 0 saturated carbocycles. The van der Waals surface area contributed by atoms with Crippen molar-refractivity contribution < 1.29 is 9.53 Å². The van der Waals surface area contributed by atoms with Crippen LogP contribution in [0.5, 0.6) is 5.75 Å². The zero-order valence-corrected chi connectivity index (χ0v) is 14.9. The van der Waals surface area contributed by atoms with Crippen LogP contribution in [0.4, 0.5) is 0 Å². The van der Waals surface area contributed by atoms with Crippen LogP contribution in [0.2, 0.25) is 0 Å². The molecule has 0 amide bonds. The van der Waals surface area contributed by atoms with E-state index in [1.165, 1.54) is 11.1 Å². The number of carbonyl (C=O) groups is 1. The third-order valence-corrected chi connectivity index (χ3v) is 4.79. The number of rotatable bonds is 4. The van der Waals surface area contributed by atoms with Crippen LogP contribution in [-0.4, -0.2) is 22.6 Å². The molecule has 0 bridgehead atoms. The number of H-pyrrole nitrogens is 1. The maximum Gasteiger partial charge on any atom is 0.185 e. The minimum atomic E-state index is -0.0259. The predicted octanol–water partition coefficient (Wildman–Crippen LogP) is 4.52. The van der Waals surface area contributed by atoms with Crippen molar-refractivity contribution >= 4 is 11.9 Å². The number of aromatic nitrogens is 2. The van der Waals surface area contributed by atoms with E-state index in [0.29, 0.717) is 12.2 Å². The smallest absolute Gasteiger partial charge is 0.185 e. The molecule has 0 spiro atoms. The lowest BCUT2D eigenvalue weighted by molar-refractivity contribution is 0.104. The first kappa shape index (κ1) is 16.3. The van der Waals surface area contributed by atoms with E-state index >= 15 is 0 Å². The minimum absolute atomic E-state index is 0.0259. The molecule has 1 aliphatic heterocycles. The van der Waals surface area contributed by atoms with Gasteiger partial charge in [0.15, 0.2) is 5.78 Å². The molecule has 0 atom stereocenters. The van der Waals surface area contributed by atoms with Crippen LogP contribution in [0.3, 0.4) is 0 Å². The van der Waals surface area contributed by atoms with E-state index in [-0.39, 0.29) is 5.78 Å². The van der Waals surface area contributed by atoms with E-state index in [0.717, 1.165) is 34.7 Å². The standard InChI is InChI=1S/C22H20N2O2/c1-14-3-4-16(11-15(14)2)20-13-19(23-24-20)6-7-21(25)17-5-8-22-18(12-17)9-10-26-22/h3-8,11-13H,9-10H2,1-2H3,(H,23,24)/b7-6+. The van der Waals surface area contributed by atoms with Gasteiger partial charge in [-0.25, -0.2) is 0 Å². The Hall–Kier alpha value is -3.14. The van der Waals surface area contributed by atoms with Crippen molar-refractivity contribution in [3.63, 3.8) is 0 Å². The third-order valence-electron chi connectivity index (χ3n) is 4.79. The van der Waals surface area contributed by atoms with Crippen LogP contribution in [-0.2, 0) is 6.42 Å². The number of aryl methyl sites for hydroxylation is 2. The lowest BCUT2D eigenvalue weighted by Crippen LogP contribution is -1.95. The third kappa shape index (κ3) is 3.18. The van der Waals surface area contributed by atoms with Gasteiger partial charge >= 0.3 is 0 Å². The molecule has 0 aliphatic carbocycles. The molecule has 1 aliphatic rings. The van der Waals surface area contributed by atoms with Gasteiger partial charge in [0.1, 0.15) is 5.75 Å². The Morgan fingerprint density at radius 1 is 1.12 bits per heavy atom. The van der Waals surface area contributed by atoms with Crippen molar-refractivity contribution in [1.29, 1.82) is 0 Å². The summed E-state index contributed by atoms with van der Waals surface area (Å²) in [5.41, 5.74) is 7.01. The van der Waals surface area contributed by atoms with Crippen LogP contribution < -0.4 is 4.74 Å². The van der Waals surface area contributed by atoms with E-state index in [1.54, 1.807) is 12.2 Å². The van der Waals surface area contributed by atoms with E-state index in [9.17, 15) is 4.79 Å². The zero-order chi connectivity index (χ0) is 18.1. The molecule has 2 aromatic carbocycles. The number of nitrogens with zero attached hydrogens (tertiary/aromatic N) is 1. The first-order chi connectivity index (χ1) is 12.6. The van der Waals surface area contributed by atoms with Crippen molar-refractivity contribution in [2.45, 2.75) is 20.3 Å². The lowest BCUT2D eigenvalue weighted by Gasteiger charge is -2.01. The molecule has 0 fully saturated rings. The summed E-state index contributed by atoms with van der Waals surface area (Å²) in [5, 5.41) is 7.33. The highest BCUT2D eigenvalue weighted by molar-refractivity contribution is 6.07. The molecule has 4 heteroatoms. The summed E-state index contributed by atoms with van der Waals surface area (Å²) in [6.07, 6.45) is 4.21. The van der Waals surface area contributed by atoms with Gasteiger partial charge in [0.2, 0.25) is 0 Å². The number of fused-ring (bicyclic) bond motifs is 1. The lowest BCUT2D eigenvalue weighted by atomic mass is 10.0. The van der Waals surface area contributed by atoms with Crippen molar-refractivity contribution in [2.75, 3.05) is 6.61 Å². The normalized spacial score (nSPS) is 13.0.